The normalized spacial score (nSPS) is 10.9. The van der Waals surface area contributed by atoms with Crippen molar-refractivity contribution in [3.8, 4) is 0 Å². The minimum absolute atomic E-state index is 0.0438. The smallest absolute Gasteiger partial charge is 0.321 e. The molecule has 3 amide bonds. The van der Waals surface area contributed by atoms with E-state index >= 15 is 0 Å². The third kappa shape index (κ3) is 5.20. The summed E-state index contributed by atoms with van der Waals surface area (Å²) in [6.45, 7) is 4.90. The van der Waals surface area contributed by atoms with Crippen molar-refractivity contribution in [1.82, 2.24) is 4.90 Å². The maximum absolute atomic E-state index is 12.5. The molecular formula is C18H22N4O4S. The summed E-state index contributed by atoms with van der Waals surface area (Å²) in [6.07, 6.45) is 0. The number of amides is 3. The lowest BCUT2D eigenvalue weighted by Crippen LogP contribution is -2.34. The number of hydrogen-bond donors (Lipinski definition) is 3. The molecule has 2 aromatic carbocycles. The topological polar surface area (TPSA) is 122 Å². The molecule has 0 heterocycles. The van der Waals surface area contributed by atoms with Gasteiger partial charge in [-0.05, 0) is 62.4 Å². The second-order valence-electron chi connectivity index (χ2n) is 5.67. The molecule has 0 aliphatic heterocycles. The molecule has 0 saturated carbocycles. The van der Waals surface area contributed by atoms with Crippen LogP contribution in [-0.2, 0) is 10.0 Å². The van der Waals surface area contributed by atoms with Crippen LogP contribution in [0.4, 0.5) is 16.2 Å². The third-order valence-corrected chi connectivity index (χ3v) is 5.29. The van der Waals surface area contributed by atoms with Crippen molar-refractivity contribution in [2.75, 3.05) is 23.1 Å². The summed E-state index contributed by atoms with van der Waals surface area (Å²) >= 11 is 0. The fourth-order valence-corrected chi connectivity index (χ4v) is 3.41. The first-order valence-electron chi connectivity index (χ1n) is 8.35. The maximum atomic E-state index is 12.5. The van der Waals surface area contributed by atoms with Gasteiger partial charge in [-0.3, -0.25) is 9.52 Å². The van der Waals surface area contributed by atoms with Gasteiger partial charge < -0.3 is 16.0 Å². The summed E-state index contributed by atoms with van der Waals surface area (Å²) in [6, 6.07) is 11.4. The molecule has 2 rings (SSSR count). The van der Waals surface area contributed by atoms with Crippen molar-refractivity contribution in [3.05, 3.63) is 54.1 Å². The van der Waals surface area contributed by atoms with Crippen LogP contribution in [0, 0.1) is 0 Å². The van der Waals surface area contributed by atoms with Gasteiger partial charge in [0.2, 0.25) is 5.91 Å². The number of carbonyl (C=O) groups is 2. The molecule has 0 bridgehead atoms. The van der Waals surface area contributed by atoms with Crippen LogP contribution < -0.4 is 15.8 Å². The number of sulfonamides is 1. The van der Waals surface area contributed by atoms with Gasteiger partial charge in [0.1, 0.15) is 0 Å². The molecule has 0 aromatic heterocycles. The largest absolute Gasteiger partial charge is 0.366 e. The van der Waals surface area contributed by atoms with Gasteiger partial charge in [-0.2, -0.15) is 0 Å². The summed E-state index contributed by atoms with van der Waals surface area (Å²) < 4.78 is 27.3. The molecule has 144 valence electrons. The lowest BCUT2D eigenvalue weighted by Gasteiger charge is -2.19. The predicted octanol–water partition coefficient (Wildman–Crippen LogP) is 2.46. The fraction of sp³-hybridized carbons (Fsp3) is 0.222. The van der Waals surface area contributed by atoms with Crippen LogP contribution in [0.1, 0.15) is 24.2 Å². The molecule has 4 N–H and O–H groups in total. The first kappa shape index (κ1) is 20.2. The zero-order valence-electron chi connectivity index (χ0n) is 15.1. The summed E-state index contributed by atoms with van der Waals surface area (Å²) in [5, 5.41) is 2.72. The highest BCUT2D eigenvalue weighted by atomic mass is 32.2. The first-order valence-corrected chi connectivity index (χ1v) is 9.83. The minimum Gasteiger partial charge on any atom is -0.366 e. The number of hydrogen-bond acceptors (Lipinski definition) is 4. The van der Waals surface area contributed by atoms with E-state index in [-0.39, 0.29) is 16.5 Å². The average Bonchev–Trinajstić information content (AvgIpc) is 2.63. The van der Waals surface area contributed by atoms with Gasteiger partial charge in [-0.15, -0.1) is 0 Å². The van der Waals surface area contributed by atoms with E-state index in [4.69, 9.17) is 5.73 Å². The molecule has 27 heavy (non-hydrogen) atoms. The van der Waals surface area contributed by atoms with Crippen molar-refractivity contribution in [2.45, 2.75) is 18.7 Å². The highest BCUT2D eigenvalue weighted by Gasteiger charge is 2.15. The summed E-state index contributed by atoms with van der Waals surface area (Å²) in [5.41, 5.74) is 6.24. The molecule has 0 saturated heterocycles. The van der Waals surface area contributed by atoms with Crippen LogP contribution in [-0.4, -0.2) is 38.3 Å². The zero-order valence-corrected chi connectivity index (χ0v) is 15.9. The Bertz CT molecular complexity index is 905. The summed E-state index contributed by atoms with van der Waals surface area (Å²) in [7, 11) is -3.81. The molecule has 0 atom stereocenters. The molecule has 0 aliphatic carbocycles. The first-order chi connectivity index (χ1) is 12.8. The number of carbonyl (C=O) groups excluding carboxylic acids is 2. The van der Waals surface area contributed by atoms with Crippen LogP contribution in [0.2, 0.25) is 0 Å². The van der Waals surface area contributed by atoms with Gasteiger partial charge in [0.25, 0.3) is 10.0 Å². The quantitative estimate of drug-likeness (QED) is 0.672. The number of nitrogens with one attached hydrogen (secondary N) is 2. The van der Waals surface area contributed by atoms with E-state index in [1.54, 1.807) is 4.90 Å². The Morgan fingerprint density at radius 3 is 1.93 bits per heavy atom. The molecule has 0 fully saturated rings. The van der Waals surface area contributed by atoms with Gasteiger partial charge in [0.05, 0.1) is 4.90 Å². The van der Waals surface area contributed by atoms with Crippen LogP contribution in [0.15, 0.2) is 53.4 Å². The van der Waals surface area contributed by atoms with Crippen molar-refractivity contribution in [1.29, 1.82) is 0 Å². The van der Waals surface area contributed by atoms with Gasteiger partial charge in [0, 0.05) is 30.0 Å². The molecule has 0 spiro atoms. The van der Waals surface area contributed by atoms with Gasteiger partial charge >= 0.3 is 6.03 Å². The van der Waals surface area contributed by atoms with Crippen molar-refractivity contribution < 1.29 is 18.0 Å². The van der Waals surface area contributed by atoms with Crippen LogP contribution in [0.5, 0.6) is 0 Å². The van der Waals surface area contributed by atoms with Crippen molar-refractivity contribution in [3.63, 3.8) is 0 Å². The van der Waals surface area contributed by atoms with Crippen molar-refractivity contribution in [2.24, 2.45) is 5.73 Å². The Hall–Kier alpha value is -3.07. The molecule has 2 aromatic rings. The predicted molar refractivity (Wildman–Crippen MR) is 104 cm³/mol. The van der Waals surface area contributed by atoms with Gasteiger partial charge in [-0.1, -0.05) is 0 Å². The Labute approximate surface area is 158 Å². The maximum Gasteiger partial charge on any atom is 0.321 e. The Morgan fingerprint density at radius 2 is 1.44 bits per heavy atom. The number of primary amides is 1. The second-order valence-corrected chi connectivity index (χ2v) is 7.36. The molecule has 0 aliphatic rings. The SMILES string of the molecule is CCN(CC)C(=O)Nc1ccc(S(=O)(=O)Nc2ccc(C(N)=O)cc2)cc1. The van der Waals surface area contributed by atoms with E-state index in [1.807, 2.05) is 13.8 Å². The number of urea groups is 1. The van der Waals surface area contributed by atoms with E-state index in [0.29, 0.717) is 24.5 Å². The highest BCUT2D eigenvalue weighted by molar-refractivity contribution is 7.92. The molecule has 9 heteroatoms. The number of nitrogens with zero attached hydrogens (tertiary/aromatic N) is 1. The minimum atomic E-state index is -3.81. The second kappa shape index (κ2) is 8.54. The molecule has 0 radical (unpaired) electrons. The Balaban J connectivity index is 2.10. The Kier molecular flexibility index (Phi) is 6.40. The summed E-state index contributed by atoms with van der Waals surface area (Å²) in [5.74, 6) is -0.591. The molecular weight excluding hydrogens is 368 g/mol. The summed E-state index contributed by atoms with van der Waals surface area (Å²) in [4.78, 5) is 24.7. The van der Waals surface area contributed by atoms with E-state index in [0.717, 1.165) is 0 Å². The van der Waals surface area contributed by atoms with E-state index in [9.17, 15) is 18.0 Å². The van der Waals surface area contributed by atoms with Gasteiger partial charge in [0.15, 0.2) is 0 Å². The lowest BCUT2D eigenvalue weighted by atomic mass is 10.2. The monoisotopic (exact) mass is 390 g/mol. The highest BCUT2D eigenvalue weighted by Crippen LogP contribution is 2.19. The molecule has 8 nitrogen and oxygen atoms in total. The number of rotatable bonds is 7. The zero-order chi connectivity index (χ0) is 20.0. The number of nitrogens with two attached hydrogens (primary N) is 1. The molecule has 0 unspecified atom stereocenters. The third-order valence-electron chi connectivity index (χ3n) is 3.89. The fourth-order valence-electron chi connectivity index (χ4n) is 2.35. The van der Waals surface area contributed by atoms with E-state index < -0.39 is 15.9 Å². The van der Waals surface area contributed by atoms with Gasteiger partial charge in [-0.25, -0.2) is 13.2 Å². The van der Waals surface area contributed by atoms with Crippen molar-refractivity contribution >= 4 is 33.3 Å². The standard InChI is InChI=1S/C18H22N4O4S/c1-3-22(4-2)18(24)20-14-9-11-16(12-10-14)27(25,26)21-15-7-5-13(6-8-15)17(19)23/h5-12,21H,3-4H2,1-2H3,(H2,19,23)(H,20,24). The Morgan fingerprint density at radius 1 is 0.926 bits per heavy atom. The lowest BCUT2D eigenvalue weighted by molar-refractivity contribution is 0.1000. The number of anilines is 2. The average molecular weight is 390 g/mol. The van der Waals surface area contributed by atoms with E-state index in [1.165, 1.54) is 48.5 Å². The van der Waals surface area contributed by atoms with Crippen LogP contribution >= 0.6 is 0 Å². The number of benzene rings is 2. The van der Waals surface area contributed by atoms with Crippen LogP contribution in [0.3, 0.4) is 0 Å². The van der Waals surface area contributed by atoms with E-state index in [2.05, 4.69) is 10.0 Å². The van der Waals surface area contributed by atoms with Crippen LogP contribution in [0.25, 0.3) is 0 Å².